The summed E-state index contributed by atoms with van der Waals surface area (Å²) in [5.74, 6) is 0.240. The lowest BCUT2D eigenvalue weighted by atomic mass is 9.84. The fourth-order valence-corrected chi connectivity index (χ4v) is 5.73. The Morgan fingerprint density at radius 2 is 1.77 bits per heavy atom. The summed E-state index contributed by atoms with van der Waals surface area (Å²) in [6, 6.07) is 12.2. The van der Waals surface area contributed by atoms with E-state index in [4.69, 9.17) is 40.2 Å². The molecule has 0 bridgehead atoms. The molecule has 0 radical (unpaired) electrons. The predicted octanol–water partition coefficient (Wildman–Crippen LogP) is 5.55. The molecule has 2 N–H and O–H groups in total. The summed E-state index contributed by atoms with van der Waals surface area (Å²) in [7, 11) is 1.69. The number of nitrogens with zero attached hydrogens (tertiary/aromatic N) is 2. The lowest BCUT2D eigenvalue weighted by Crippen LogP contribution is -2.57. The molecule has 1 atom stereocenters. The van der Waals surface area contributed by atoms with Gasteiger partial charge in [-0.05, 0) is 92.8 Å². The number of hydrogen-bond donors (Lipinski definition) is 2. The molecule has 35 heavy (non-hydrogen) atoms. The summed E-state index contributed by atoms with van der Waals surface area (Å²) in [5, 5.41) is 16.0. The van der Waals surface area contributed by atoms with Gasteiger partial charge in [0, 0.05) is 32.4 Å². The molecule has 2 heterocycles. The lowest BCUT2D eigenvalue weighted by Gasteiger charge is -2.46. The van der Waals surface area contributed by atoms with Crippen molar-refractivity contribution >= 4 is 46.2 Å². The van der Waals surface area contributed by atoms with Gasteiger partial charge in [0.2, 0.25) is 0 Å². The first-order valence-corrected chi connectivity index (χ1v) is 13.2. The van der Waals surface area contributed by atoms with Crippen molar-refractivity contribution < 1.29 is 14.2 Å². The van der Waals surface area contributed by atoms with Crippen LogP contribution in [-0.4, -0.2) is 71.6 Å². The fourth-order valence-electron chi connectivity index (χ4n) is 5.13. The van der Waals surface area contributed by atoms with E-state index in [2.05, 4.69) is 15.1 Å². The molecular weight excluding hydrogens is 508 g/mol. The molecule has 2 fully saturated rings. The van der Waals surface area contributed by atoms with Gasteiger partial charge in [0.15, 0.2) is 5.11 Å². The van der Waals surface area contributed by atoms with Crippen molar-refractivity contribution in [2.45, 2.75) is 43.3 Å². The molecule has 2 aromatic carbocycles. The van der Waals surface area contributed by atoms with Crippen molar-refractivity contribution in [1.29, 1.82) is 0 Å². The Morgan fingerprint density at radius 1 is 1.11 bits per heavy atom. The molecule has 2 saturated heterocycles. The van der Waals surface area contributed by atoms with Crippen molar-refractivity contribution in [3.63, 3.8) is 0 Å². The van der Waals surface area contributed by atoms with Gasteiger partial charge in [-0.25, -0.2) is 4.39 Å². The highest BCUT2D eigenvalue weighted by Gasteiger charge is 2.42. The normalized spacial score (nSPS) is 20.0. The largest absolute Gasteiger partial charge is 0.389 e. The van der Waals surface area contributed by atoms with Gasteiger partial charge in [-0.15, -0.1) is 0 Å². The van der Waals surface area contributed by atoms with E-state index in [-0.39, 0.29) is 5.82 Å². The van der Waals surface area contributed by atoms with E-state index < -0.39 is 11.7 Å². The highest BCUT2D eigenvalue weighted by atomic mass is 35.5. The van der Waals surface area contributed by atoms with Gasteiger partial charge in [-0.1, -0.05) is 35.3 Å². The topological polar surface area (TPSA) is 48.0 Å². The smallest absolute Gasteiger partial charge is 0.173 e. The molecular formula is C26H32Cl2FN3O2S. The molecule has 2 aromatic rings. The Kier molecular flexibility index (Phi) is 8.90. The molecule has 0 amide bonds. The van der Waals surface area contributed by atoms with Gasteiger partial charge in [0.25, 0.3) is 0 Å². The maximum absolute atomic E-state index is 13.2. The molecule has 0 saturated carbocycles. The number of aliphatic hydroxyl groups is 1. The number of benzene rings is 2. The Morgan fingerprint density at radius 3 is 2.37 bits per heavy atom. The third kappa shape index (κ3) is 6.45. The Labute approximate surface area is 222 Å². The fraction of sp³-hybridized carbons (Fsp3) is 0.500. The average molecular weight is 541 g/mol. The molecule has 5 nitrogen and oxygen atoms in total. The van der Waals surface area contributed by atoms with Gasteiger partial charge in [0.1, 0.15) is 5.82 Å². The third-order valence-electron chi connectivity index (χ3n) is 7.44. The summed E-state index contributed by atoms with van der Waals surface area (Å²) in [4.78, 5) is 4.41. The second-order valence-corrected chi connectivity index (χ2v) is 10.7. The summed E-state index contributed by atoms with van der Waals surface area (Å²) in [5.41, 5.74) is 1.39. The zero-order chi connectivity index (χ0) is 25.0. The van der Waals surface area contributed by atoms with Crippen LogP contribution in [0.2, 0.25) is 10.0 Å². The second kappa shape index (κ2) is 11.7. The number of rotatable bonds is 6. The molecule has 0 aliphatic carbocycles. The lowest BCUT2D eigenvalue weighted by molar-refractivity contribution is -0.134. The summed E-state index contributed by atoms with van der Waals surface area (Å²) >= 11 is 17.7. The van der Waals surface area contributed by atoms with Crippen LogP contribution in [-0.2, 0) is 4.74 Å². The molecule has 0 aromatic heterocycles. The highest BCUT2D eigenvalue weighted by Crippen LogP contribution is 2.33. The van der Waals surface area contributed by atoms with Crippen LogP contribution < -0.4 is 5.32 Å². The third-order valence-corrected chi connectivity index (χ3v) is 8.54. The van der Waals surface area contributed by atoms with Crippen LogP contribution in [0.25, 0.3) is 0 Å². The van der Waals surface area contributed by atoms with E-state index in [9.17, 15) is 9.50 Å². The monoisotopic (exact) mass is 539 g/mol. The van der Waals surface area contributed by atoms with E-state index >= 15 is 0 Å². The zero-order valence-electron chi connectivity index (χ0n) is 19.9. The van der Waals surface area contributed by atoms with Crippen LogP contribution in [0, 0.1) is 5.82 Å². The predicted molar refractivity (Wildman–Crippen MR) is 144 cm³/mol. The van der Waals surface area contributed by atoms with Crippen LogP contribution in [0.3, 0.4) is 0 Å². The average Bonchev–Trinajstić information content (AvgIpc) is 2.87. The molecule has 1 unspecified atom stereocenters. The van der Waals surface area contributed by atoms with E-state index in [1.165, 1.54) is 17.7 Å². The number of hydrogen-bond acceptors (Lipinski definition) is 4. The molecule has 2 aliphatic rings. The number of anilines is 1. The van der Waals surface area contributed by atoms with Crippen LogP contribution in [0.5, 0.6) is 0 Å². The van der Waals surface area contributed by atoms with Crippen molar-refractivity contribution in [2.75, 3.05) is 45.2 Å². The molecule has 190 valence electrons. The number of β-amino-alcohol motifs (C(OH)–C–C–N with tert-alkyl or cyclic N) is 1. The van der Waals surface area contributed by atoms with E-state index in [0.717, 1.165) is 31.6 Å². The van der Waals surface area contributed by atoms with E-state index in [1.807, 2.05) is 18.2 Å². The number of likely N-dealkylation sites (tertiary alicyclic amines) is 2. The number of nitrogens with one attached hydrogen (secondary N) is 1. The first-order chi connectivity index (χ1) is 16.8. The van der Waals surface area contributed by atoms with Crippen LogP contribution >= 0.6 is 35.4 Å². The van der Waals surface area contributed by atoms with E-state index in [1.54, 1.807) is 19.2 Å². The van der Waals surface area contributed by atoms with Crippen molar-refractivity contribution in [2.24, 2.45) is 0 Å². The minimum atomic E-state index is -0.594. The number of methoxy groups -OCH3 is 1. The van der Waals surface area contributed by atoms with Crippen LogP contribution in [0.15, 0.2) is 42.5 Å². The Balaban J connectivity index is 1.27. The maximum atomic E-state index is 13.2. The standard InChI is InChI=1S/C26H32Cl2FN3O2S/c1-34-26(10-14-32(15-11-26)25(35)30-21-6-7-22(27)23(28)16-21)24(33)17-31-12-8-19(9-13-31)18-2-4-20(29)5-3-18/h2-7,16,19,24,33H,8-15,17H2,1H3,(H,30,35). The van der Waals surface area contributed by atoms with Crippen LogP contribution in [0.1, 0.15) is 37.2 Å². The quantitative estimate of drug-likeness (QED) is 0.469. The summed E-state index contributed by atoms with van der Waals surface area (Å²) < 4.78 is 19.2. The zero-order valence-corrected chi connectivity index (χ0v) is 22.2. The summed E-state index contributed by atoms with van der Waals surface area (Å²) in [6.45, 7) is 3.76. The van der Waals surface area contributed by atoms with Crippen molar-refractivity contribution in [3.8, 4) is 0 Å². The SMILES string of the molecule is COC1(C(O)CN2CCC(c3ccc(F)cc3)CC2)CCN(C(=S)Nc2ccc(Cl)c(Cl)c2)CC1. The Bertz CT molecular complexity index is 1010. The Hall–Kier alpha value is -1.48. The maximum Gasteiger partial charge on any atom is 0.173 e. The first kappa shape index (κ1) is 26.6. The number of piperidine rings is 2. The number of thiocarbonyl (C=S) groups is 1. The number of aliphatic hydroxyl groups excluding tert-OH is 1. The first-order valence-electron chi connectivity index (χ1n) is 12.0. The van der Waals surface area contributed by atoms with Gasteiger partial charge >= 0.3 is 0 Å². The number of halogens is 3. The van der Waals surface area contributed by atoms with E-state index in [0.29, 0.717) is 53.6 Å². The van der Waals surface area contributed by atoms with Gasteiger partial charge in [-0.3, -0.25) is 0 Å². The second-order valence-electron chi connectivity index (χ2n) is 9.46. The van der Waals surface area contributed by atoms with Crippen molar-refractivity contribution in [3.05, 3.63) is 63.9 Å². The minimum Gasteiger partial charge on any atom is -0.389 e. The highest BCUT2D eigenvalue weighted by molar-refractivity contribution is 7.80. The molecule has 0 spiro atoms. The van der Waals surface area contributed by atoms with Gasteiger partial charge in [-0.2, -0.15) is 0 Å². The van der Waals surface area contributed by atoms with Gasteiger partial charge in [0.05, 0.1) is 21.8 Å². The van der Waals surface area contributed by atoms with Gasteiger partial charge < -0.3 is 25.0 Å². The van der Waals surface area contributed by atoms with Crippen molar-refractivity contribution in [1.82, 2.24) is 9.80 Å². The summed E-state index contributed by atoms with van der Waals surface area (Å²) in [6.07, 6.45) is 2.77. The number of ether oxygens (including phenoxy) is 1. The molecule has 2 aliphatic heterocycles. The van der Waals surface area contributed by atoms with Crippen LogP contribution in [0.4, 0.5) is 10.1 Å². The molecule has 4 rings (SSSR count). The minimum absolute atomic E-state index is 0.198. The molecule has 9 heteroatoms.